The first-order chi connectivity index (χ1) is 9.26. The fraction of sp³-hybridized carbons (Fsp3) is 0.429. The molecule has 1 rings (SSSR count). The molecule has 0 fully saturated rings. The number of esters is 1. The van der Waals surface area contributed by atoms with Crippen molar-refractivity contribution in [2.24, 2.45) is 0 Å². The van der Waals surface area contributed by atoms with Crippen molar-refractivity contribution in [3.8, 4) is 0 Å². The second-order valence-electron chi connectivity index (χ2n) is 4.55. The second kappa shape index (κ2) is 6.65. The maximum atomic E-state index is 12.2. The summed E-state index contributed by atoms with van der Waals surface area (Å²) < 4.78 is 29.0. The van der Waals surface area contributed by atoms with E-state index in [0.717, 1.165) is 5.56 Å². The molecular formula is C14H18O5S. The molecule has 0 bridgehead atoms. The number of ether oxygens (including phenoxy) is 1. The molecule has 6 heteroatoms. The van der Waals surface area contributed by atoms with Crippen LogP contribution in [0, 0.1) is 13.8 Å². The molecule has 0 unspecified atom stereocenters. The predicted molar refractivity (Wildman–Crippen MR) is 74.2 cm³/mol. The van der Waals surface area contributed by atoms with Gasteiger partial charge in [0.1, 0.15) is 12.2 Å². The van der Waals surface area contributed by atoms with Crippen LogP contribution >= 0.6 is 0 Å². The number of hydrogen-bond donors (Lipinski definition) is 0. The molecule has 0 N–H and O–H groups in total. The summed E-state index contributed by atoms with van der Waals surface area (Å²) in [6, 6.07) is 5.02. The molecule has 0 spiro atoms. The van der Waals surface area contributed by atoms with Crippen molar-refractivity contribution < 1.29 is 22.7 Å². The molecule has 20 heavy (non-hydrogen) atoms. The van der Waals surface area contributed by atoms with Crippen LogP contribution in [-0.4, -0.2) is 32.5 Å². The molecule has 0 radical (unpaired) electrons. The topological polar surface area (TPSA) is 77.5 Å². The summed E-state index contributed by atoms with van der Waals surface area (Å²) >= 11 is 0. The van der Waals surface area contributed by atoms with Gasteiger partial charge in [-0.2, -0.15) is 0 Å². The minimum atomic E-state index is -3.73. The van der Waals surface area contributed by atoms with Crippen molar-refractivity contribution in [3.05, 3.63) is 29.3 Å². The summed E-state index contributed by atoms with van der Waals surface area (Å²) in [4.78, 5) is 22.9. The average Bonchev–Trinajstić information content (AvgIpc) is 2.31. The summed E-state index contributed by atoms with van der Waals surface area (Å²) in [6.07, 6.45) is -0.516. The number of Topliss-reactive ketones (excluding diaryl/α,β-unsaturated/α-hetero) is 1. The van der Waals surface area contributed by atoms with E-state index in [-0.39, 0.29) is 11.5 Å². The van der Waals surface area contributed by atoms with Gasteiger partial charge >= 0.3 is 5.97 Å². The van der Waals surface area contributed by atoms with Crippen molar-refractivity contribution in [1.82, 2.24) is 0 Å². The second-order valence-corrected chi connectivity index (χ2v) is 6.51. The van der Waals surface area contributed by atoms with E-state index in [2.05, 4.69) is 4.74 Å². The first kappa shape index (κ1) is 16.4. The molecule has 5 nitrogen and oxygen atoms in total. The summed E-state index contributed by atoms with van der Waals surface area (Å²) in [5, 5.41) is 0. The van der Waals surface area contributed by atoms with Gasteiger partial charge in [-0.15, -0.1) is 0 Å². The number of sulfone groups is 1. The van der Waals surface area contributed by atoms with E-state index in [1.54, 1.807) is 32.9 Å². The summed E-state index contributed by atoms with van der Waals surface area (Å²) in [5.74, 6) is -2.05. The Hall–Kier alpha value is -1.69. The van der Waals surface area contributed by atoms with Crippen molar-refractivity contribution in [3.63, 3.8) is 0 Å². The highest BCUT2D eigenvalue weighted by molar-refractivity contribution is 7.92. The maximum Gasteiger partial charge on any atom is 0.313 e. The molecule has 0 saturated heterocycles. The van der Waals surface area contributed by atoms with Gasteiger partial charge < -0.3 is 4.74 Å². The van der Waals surface area contributed by atoms with Crippen LogP contribution in [0.15, 0.2) is 23.1 Å². The minimum absolute atomic E-state index is 0.134. The number of carbonyl (C=O) groups excluding carboxylic acids is 2. The smallest absolute Gasteiger partial charge is 0.313 e. The largest absolute Gasteiger partial charge is 0.466 e. The zero-order valence-corrected chi connectivity index (χ0v) is 12.6. The van der Waals surface area contributed by atoms with Gasteiger partial charge in [-0.3, -0.25) is 9.59 Å². The SMILES string of the molecule is CCOC(=O)CC(=O)CS(=O)(=O)c1cc(C)ccc1C. The summed E-state index contributed by atoms with van der Waals surface area (Å²) in [5.41, 5.74) is 1.38. The van der Waals surface area contributed by atoms with E-state index in [9.17, 15) is 18.0 Å². The highest BCUT2D eigenvalue weighted by atomic mass is 32.2. The van der Waals surface area contributed by atoms with Crippen molar-refractivity contribution in [2.75, 3.05) is 12.4 Å². The fourth-order valence-electron chi connectivity index (χ4n) is 1.76. The Morgan fingerprint density at radius 2 is 1.85 bits per heavy atom. The Kier molecular flexibility index (Phi) is 5.44. The van der Waals surface area contributed by atoms with Gasteiger partial charge in [-0.05, 0) is 38.0 Å². The van der Waals surface area contributed by atoms with E-state index in [1.807, 2.05) is 0 Å². The van der Waals surface area contributed by atoms with E-state index >= 15 is 0 Å². The first-order valence-electron chi connectivity index (χ1n) is 6.23. The van der Waals surface area contributed by atoms with Crippen LogP contribution in [-0.2, 0) is 24.2 Å². The molecule has 0 atom stereocenters. The quantitative estimate of drug-likeness (QED) is 0.589. The number of benzene rings is 1. The standard InChI is InChI=1S/C14H18O5S/c1-4-19-14(16)8-12(15)9-20(17,18)13-7-10(2)5-6-11(13)3/h5-7H,4,8-9H2,1-3H3. The number of ketones is 1. The van der Waals surface area contributed by atoms with Gasteiger partial charge in [-0.1, -0.05) is 12.1 Å². The zero-order chi connectivity index (χ0) is 15.3. The van der Waals surface area contributed by atoms with Gasteiger partial charge in [0.2, 0.25) is 0 Å². The molecule has 0 aliphatic carbocycles. The van der Waals surface area contributed by atoms with Gasteiger partial charge in [0.15, 0.2) is 15.6 Å². The van der Waals surface area contributed by atoms with Crippen molar-refractivity contribution in [1.29, 1.82) is 0 Å². The van der Waals surface area contributed by atoms with Crippen LogP contribution in [0.5, 0.6) is 0 Å². The monoisotopic (exact) mass is 298 g/mol. The Morgan fingerprint density at radius 1 is 1.20 bits per heavy atom. The van der Waals surface area contributed by atoms with Gasteiger partial charge in [0.25, 0.3) is 0 Å². The molecule has 0 aliphatic rings. The Balaban J connectivity index is 2.87. The van der Waals surface area contributed by atoms with Crippen LogP contribution < -0.4 is 0 Å². The lowest BCUT2D eigenvalue weighted by Crippen LogP contribution is -2.20. The van der Waals surface area contributed by atoms with E-state index in [4.69, 9.17) is 0 Å². The van der Waals surface area contributed by atoms with Crippen LogP contribution in [0.1, 0.15) is 24.5 Å². The van der Waals surface area contributed by atoms with Crippen LogP contribution in [0.3, 0.4) is 0 Å². The molecule has 0 saturated carbocycles. The molecule has 110 valence electrons. The van der Waals surface area contributed by atoms with Crippen LogP contribution in [0.4, 0.5) is 0 Å². The van der Waals surface area contributed by atoms with Crippen molar-refractivity contribution >= 4 is 21.6 Å². The zero-order valence-electron chi connectivity index (χ0n) is 11.8. The van der Waals surface area contributed by atoms with E-state index < -0.39 is 33.8 Å². The Bertz CT molecular complexity index is 616. The van der Waals surface area contributed by atoms with E-state index in [0.29, 0.717) is 5.56 Å². The molecule has 0 aromatic heterocycles. The summed E-state index contributed by atoms with van der Waals surface area (Å²) in [7, 11) is -3.73. The molecule has 0 heterocycles. The third-order valence-corrected chi connectivity index (χ3v) is 4.49. The third kappa shape index (κ3) is 4.45. The molecular weight excluding hydrogens is 280 g/mol. The Labute approximate surface area is 118 Å². The average molecular weight is 298 g/mol. The number of carbonyl (C=O) groups is 2. The lowest BCUT2D eigenvalue weighted by molar-refractivity contribution is -0.145. The van der Waals surface area contributed by atoms with E-state index in [1.165, 1.54) is 6.07 Å². The van der Waals surface area contributed by atoms with Gasteiger partial charge in [0.05, 0.1) is 11.5 Å². The highest BCUT2D eigenvalue weighted by Crippen LogP contribution is 2.18. The molecule has 1 aromatic carbocycles. The van der Waals surface area contributed by atoms with Crippen LogP contribution in [0.25, 0.3) is 0 Å². The third-order valence-electron chi connectivity index (χ3n) is 2.68. The van der Waals surface area contributed by atoms with Crippen molar-refractivity contribution in [2.45, 2.75) is 32.1 Å². The minimum Gasteiger partial charge on any atom is -0.466 e. The highest BCUT2D eigenvalue weighted by Gasteiger charge is 2.23. The normalized spacial score (nSPS) is 11.2. The molecule has 0 amide bonds. The number of rotatable bonds is 6. The summed E-state index contributed by atoms with van der Waals surface area (Å²) in [6.45, 7) is 5.23. The van der Waals surface area contributed by atoms with Gasteiger partial charge in [-0.25, -0.2) is 8.42 Å². The first-order valence-corrected chi connectivity index (χ1v) is 7.89. The van der Waals surface area contributed by atoms with Crippen LogP contribution in [0.2, 0.25) is 0 Å². The number of hydrogen-bond acceptors (Lipinski definition) is 5. The predicted octanol–water partition coefficient (Wildman–Crippen LogP) is 1.60. The lowest BCUT2D eigenvalue weighted by Gasteiger charge is -2.08. The Morgan fingerprint density at radius 3 is 2.45 bits per heavy atom. The lowest BCUT2D eigenvalue weighted by atomic mass is 10.2. The number of aryl methyl sites for hydroxylation is 2. The van der Waals surface area contributed by atoms with Gasteiger partial charge in [0, 0.05) is 0 Å². The molecule has 0 aliphatic heterocycles. The fourth-order valence-corrected chi connectivity index (χ4v) is 3.36. The maximum absolute atomic E-state index is 12.2. The molecule has 1 aromatic rings.